The Bertz CT molecular complexity index is 445. The van der Waals surface area contributed by atoms with Crippen LogP contribution in [0.2, 0.25) is 0 Å². The maximum absolute atomic E-state index is 12.7. The van der Waals surface area contributed by atoms with E-state index in [2.05, 4.69) is 11.9 Å². The third-order valence-corrected chi connectivity index (χ3v) is 3.56. The number of halogens is 3. The van der Waals surface area contributed by atoms with Crippen LogP contribution >= 0.6 is 0 Å². The van der Waals surface area contributed by atoms with E-state index in [4.69, 9.17) is 5.73 Å². The monoisotopic (exact) mass is 273 g/mol. The van der Waals surface area contributed by atoms with Gasteiger partial charge in [0.1, 0.15) is 5.69 Å². The average Bonchev–Trinajstić information content (AvgIpc) is 2.53. The van der Waals surface area contributed by atoms with Gasteiger partial charge in [-0.3, -0.25) is 0 Å². The molecule has 106 valence electrons. The van der Waals surface area contributed by atoms with Gasteiger partial charge in [-0.25, -0.2) is 4.98 Å². The van der Waals surface area contributed by atoms with Crippen molar-refractivity contribution in [1.29, 1.82) is 0 Å². The summed E-state index contributed by atoms with van der Waals surface area (Å²) in [6.45, 7) is 3.66. The number of hydrogen-bond donors (Lipinski definition) is 1. The van der Waals surface area contributed by atoms with Gasteiger partial charge in [-0.15, -0.1) is 0 Å². The predicted octanol–water partition coefficient (Wildman–Crippen LogP) is 3.31. The molecule has 19 heavy (non-hydrogen) atoms. The summed E-state index contributed by atoms with van der Waals surface area (Å²) in [7, 11) is 0. The first-order valence-electron chi connectivity index (χ1n) is 6.45. The fraction of sp³-hybridized carbons (Fsp3) is 0.615. The largest absolute Gasteiger partial charge is 0.433 e. The Hall–Kier alpha value is -1.46. The van der Waals surface area contributed by atoms with Crippen LogP contribution in [0.25, 0.3) is 0 Å². The Labute approximate surface area is 110 Å². The van der Waals surface area contributed by atoms with E-state index in [9.17, 15) is 13.2 Å². The molecule has 2 heterocycles. The molecule has 6 heteroatoms. The zero-order chi connectivity index (χ0) is 14.0. The number of rotatable bonds is 1. The number of nitrogens with two attached hydrogens (primary N) is 1. The molecule has 1 saturated heterocycles. The van der Waals surface area contributed by atoms with Gasteiger partial charge in [0, 0.05) is 13.1 Å². The van der Waals surface area contributed by atoms with Crippen LogP contribution in [0.15, 0.2) is 12.3 Å². The van der Waals surface area contributed by atoms with Crippen LogP contribution in [-0.2, 0) is 6.18 Å². The highest BCUT2D eigenvalue weighted by Crippen LogP contribution is 2.33. The molecule has 1 aliphatic rings. The summed E-state index contributed by atoms with van der Waals surface area (Å²) in [5.74, 6) is 0.607. The number of pyridine rings is 1. The van der Waals surface area contributed by atoms with Gasteiger partial charge in [0.15, 0.2) is 0 Å². The maximum Gasteiger partial charge on any atom is 0.433 e. The van der Waals surface area contributed by atoms with E-state index < -0.39 is 11.9 Å². The number of aromatic nitrogens is 1. The summed E-state index contributed by atoms with van der Waals surface area (Å²) in [6, 6.07) is 1.06. The van der Waals surface area contributed by atoms with Crippen LogP contribution in [0.1, 0.15) is 31.9 Å². The molecule has 1 unspecified atom stereocenters. The predicted molar refractivity (Wildman–Crippen MR) is 68.9 cm³/mol. The van der Waals surface area contributed by atoms with Crippen molar-refractivity contribution in [3.8, 4) is 0 Å². The molecule has 0 bridgehead atoms. The summed E-state index contributed by atoms with van der Waals surface area (Å²) in [5.41, 5.74) is 5.66. The lowest BCUT2D eigenvalue weighted by Crippen LogP contribution is -2.26. The molecule has 1 fully saturated rings. The van der Waals surface area contributed by atoms with Crippen molar-refractivity contribution >= 4 is 11.4 Å². The van der Waals surface area contributed by atoms with Gasteiger partial charge >= 0.3 is 6.18 Å². The lowest BCUT2D eigenvalue weighted by atomic mass is 10.0. The van der Waals surface area contributed by atoms with Gasteiger partial charge in [-0.1, -0.05) is 6.92 Å². The van der Waals surface area contributed by atoms with Crippen LogP contribution in [0.4, 0.5) is 24.5 Å². The third kappa shape index (κ3) is 3.30. The normalized spacial score (nSPS) is 21.3. The minimum atomic E-state index is -4.43. The number of hydrogen-bond acceptors (Lipinski definition) is 3. The summed E-state index contributed by atoms with van der Waals surface area (Å²) in [4.78, 5) is 5.31. The van der Waals surface area contributed by atoms with Gasteiger partial charge in [0.25, 0.3) is 0 Å². The molecule has 0 aliphatic carbocycles. The second-order valence-electron chi connectivity index (χ2n) is 5.15. The molecule has 1 aliphatic heterocycles. The standard InChI is InChI=1S/C13H18F3N3/c1-9-3-2-5-19(6-4-9)11-7-12(13(14,15)16)18-8-10(11)17/h7-9H,2-6,17H2,1H3. The first-order valence-corrected chi connectivity index (χ1v) is 6.45. The minimum absolute atomic E-state index is 0.308. The van der Waals surface area contributed by atoms with E-state index >= 15 is 0 Å². The average molecular weight is 273 g/mol. The topological polar surface area (TPSA) is 42.2 Å². The summed E-state index contributed by atoms with van der Waals surface area (Å²) in [6.07, 6.45) is -0.269. The van der Waals surface area contributed by atoms with E-state index in [1.165, 1.54) is 0 Å². The van der Waals surface area contributed by atoms with Crippen LogP contribution in [0.3, 0.4) is 0 Å². The van der Waals surface area contributed by atoms with Crippen LogP contribution < -0.4 is 10.6 Å². The number of alkyl halides is 3. The van der Waals surface area contributed by atoms with Crippen molar-refractivity contribution in [3.63, 3.8) is 0 Å². The molecule has 1 atom stereocenters. The Morgan fingerprint density at radius 1 is 1.32 bits per heavy atom. The molecule has 0 radical (unpaired) electrons. The smallest absolute Gasteiger partial charge is 0.396 e. The molecule has 3 nitrogen and oxygen atoms in total. The molecule has 0 aromatic carbocycles. The van der Waals surface area contributed by atoms with E-state index in [1.54, 1.807) is 0 Å². The second kappa shape index (κ2) is 5.27. The fourth-order valence-electron chi connectivity index (χ4n) is 2.39. The molecular formula is C13H18F3N3. The zero-order valence-corrected chi connectivity index (χ0v) is 10.9. The minimum Gasteiger partial charge on any atom is -0.396 e. The Kier molecular flexibility index (Phi) is 3.87. The molecule has 2 N–H and O–H groups in total. The van der Waals surface area contributed by atoms with E-state index in [-0.39, 0.29) is 0 Å². The van der Waals surface area contributed by atoms with Gasteiger partial charge in [-0.05, 0) is 31.2 Å². The Morgan fingerprint density at radius 2 is 2.05 bits per heavy atom. The summed E-state index contributed by atoms with van der Waals surface area (Å²) >= 11 is 0. The van der Waals surface area contributed by atoms with Crippen LogP contribution in [0, 0.1) is 5.92 Å². The molecule has 1 aromatic heterocycles. The first-order chi connectivity index (χ1) is 8.88. The highest BCUT2D eigenvalue weighted by molar-refractivity contribution is 5.67. The first kappa shape index (κ1) is 14.0. The quantitative estimate of drug-likeness (QED) is 0.853. The van der Waals surface area contributed by atoms with Crippen molar-refractivity contribution in [1.82, 2.24) is 4.98 Å². The molecular weight excluding hydrogens is 255 g/mol. The lowest BCUT2D eigenvalue weighted by Gasteiger charge is -2.25. The lowest BCUT2D eigenvalue weighted by molar-refractivity contribution is -0.141. The number of nitrogen functional groups attached to an aromatic ring is 1. The molecule has 0 spiro atoms. The molecule has 2 rings (SSSR count). The zero-order valence-electron chi connectivity index (χ0n) is 10.9. The van der Waals surface area contributed by atoms with Gasteiger partial charge in [0.2, 0.25) is 0 Å². The number of anilines is 2. The maximum atomic E-state index is 12.7. The molecule has 0 saturated carbocycles. The second-order valence-corrected chi connectivity index (χ2v) is 5.15. The molecule has 1 aromatic rings. The van der Waals surface area contributed by atoms with Crippen LogP contribution in [0.5, 0.6) is 0 Å². The van der Waals surface area contributed by atoms with Crippen molar-refractivity contribution in [2.75, 3.05) is 23.7 Å². The van der Waals surface area contributed by atoms with Crippen molar-refractivity contribution < 1.29 is 13.2 Å². The Morgan fingerprint density at radius 3 is 2.74 bits per heavy atom. The third-order valence-electron chi connectivity index (χ3n) is 3.56. The van der Waals surface area contributed by atoms with Gasteiger partial charge < -0.3 is 10.6 Å². The van der Waals surface area contributed by atoms with Crippen molar-refractivity contribution in [2.24, 2.45) is 5.92 Å². The van der Waals surface area contributed by atoms with Crippen molar-refractivity contribution in [3.05, 3.63) is 18.0 Å². The fourth-order valence-corrected chi connectivity index (χ4v) is 2.39. The highest BCUT2D eigenvalue weighted by Gasteiger charge is 2.33. The Balaban J connectivity index is 2.27. The van der Waals surface area contributed by atoms with E-state index in [1.807, 2.05) is 4.90 Å². The summed E-state index contributed by atoms with van der Waals surface area (Å²) in [5, 5.41) is 0. The summed E-state index contributed by atoms with van der Waals surface area (Å²) < 4.78 is 38.1. The van der Waals surface area contributed by atoms with E-state index in [0.29, 0.717) is 17.3 Å². The highest BCUT2D eigenvalue weighted by atomic mass is 19.4. The number of nitrogens with zero attached hydrogens (tertiary/aromatic N) is 2. The molecule has 0 amide bonds. The van der Waals surface area contributed by atoms with Crippen molar-refractivity contribution in [2.45, 2.75) is 32.4 Å². The van der Waals surface area contributed by atoms with Gasteiger partial charge in [-0.2, -0.15) is 13.2 Å². The van der Waals surface area contributed by atoms with E-state index in [0.717, 1.165) is 44.6 Å². The SMILES string of the molecule is CC1CCCN(c2cc(C(F)(F)F)ncc2N)CC1. The van der Waals surface area contributed by atoms with Crippen LogP contribution in [-0.4, -0.2) is 18.1 Å². The van der Waals surface area contributed by atoms with Gasteiger partial charge in [0.05, 0.1) is 17.6 Å².